The SMILES string of the molecule is C=CCC(Cc1ccc(OC)c(F)c1)NN. The van der Waals surface area contributed by atoms with Crippen LogP contribution in [0.3, 0.4) is 0 Å². The van der Waals surface area contributed by atoms with Crippen LogP contribution in [-0.2, 0) is 6.42 Å². The van der Waals surface area contributed by atoms with Crippen LogP contribution < -0.4 is 16.0 Å². The number of hydrogen-bond acceptors (Lipinski definition) is 3. The van der Waals surface area contributed by atoms with E-state index in [0.29, 0.717) is 6.42 Å². The fraction of sp³-hybridized carbons (Fsp3) is 0.333. The van der Waals surface area contributed by atoms with Crippen molar-refractivity contribution in [1.29, 1.82) is 0 Å². The molecular weight excluding hydrogens is 207 g/mol. The molecule has 3 N–H and O–H groups in total. The smallest absolute Gasteiger partial charge is 0.165 e. The summed E-state index contributed by atoms with van der Waals surface area (Å²) < 4.78 is 18.2. The average molecular weight is 224 g/mol. The molecule has 1 atom stereocenters. The standard InChI is InChI=1S/C12H17FN2O/c1-3-4-10(15-14)7-9-5-6-12(16-2)11(13)8-9/h3,5-6,8,10,15H,1,4,7,14H2,2H3. The van der Waals surface area contributed by atoms with Gasteiger partial charge >= 0.3 is 0 Å². The Bertz CT molecular complexity index is 355. The second-order valence-electron chi connectivity index (χ2n) is 3.56. The van der Waals surface area contributed by atoms with Gasteiger partial charge in [-0.3, -0.25) is 11.3 Å². The fourth-order valence-electron chi connectivity index (χ4n) is 1.53. The molecule has 0 amide bonds. The van der Waals surface area contributed by atoms with Gasteiger partial charge in [-0.1, -0.05) is 12.1 Å². The molecule has 1 unspecified atom stereocenters. The van der Waals surface area contributed by atoms with Crippen molar-refractivity contribution >= 4 is 0 Å². The first-order valence-electron chi connectivity index (χ1n) is 5.10. The summed E-state index contributed by atoms with van der Waals surface area (Å²) in [5.41, 5.74) is 3.55. The molecule has 0 radical (unpaired) electrons. The number of rotatable bonds is 6. The summed E-state index contributed by atoms with van der Waals surface area (Å²) in [5.74, 6) is 5.29. The first-order chi connectivity index (χ1) is 7.71. The van der Waals surface area contributed by atoms with Crippen molar-refractivity contribution in [1.82, 2.24) is 5.43 Å². The Morgan fingerprint density at radius 3 is 2.88 bits per heavy atom. The summed E-state index contributed by atoms with van der Waals surface area (Å²) in [4.78, 5) is 0. The molecule has 0 saturated carbocycles. The van der Waals surface area contributed by atoms with Gasteiger partial charge in [-0.05, 0) is 30.5 Å². The molecule has 0 heterocycles. The number of methoxy groups -OCH3 is 1. The van der Waals surface area contributed by atoms with Crippen LogP contribution in [0.4, 0.5) is 4.39 Å². The van der Waals surface area contributed by atoms with Crippen LogP contribution in [0, 0.1) is 5.82 Å². The second-order valence-corrected chi connectivity index (χ2v) is 3.56. The maximum atomic E-state index is 13.4. The number of benzene rings is 1. The van der Waals surface area contributed by atoms with E-state index < -0.39 is 0 Å². The molecule has 0 spiro atoms. The zero-order valence-corrected chi connectivity index (χ0v) is 9.37. The van der Waals surface area contributed by atoms with E-state index in [1.54, 1.807) is 12.1 Å². The highest BCUT2D eigenvalue weighted by Gasteiger charge is 2.08. The molecule has 0 fully saturated rings. The number of hydrogen-bond donors (Lipinski definition) is 2. The van der Waals surface area contributed by atoms with Crippen molar-refractivity contribution in [3.63, 3.8) is 0 Å². The van der Waals surface area contributed by atoms with Gasteiger partial charge in [0, 0.05) is 6.04 Å². The van der Waals surface area contributed by atoms with E-state index in [2.05, 4.69) is 12.0 Å². The second kappa shape index (κ2) is 6.25. The van der Waals surface area contributed by atoms with E-state index in [1.165, 1.54) is 13.2 Å². The van der Waals surface area contributed by atoms with Crippen molar-refractivity contribution in [3.05, 3.63) is 42.2 Å². The molecule has 0 aliphatic rings. The molecule has 1 aromatic rings. The van der Waals surface area contributed by atoms with Crippen molar-refractivity contribution in [2.75, 3.05) is 7.11 Å². The Hall–Kier alpha value is -1.39. The molecule has 0 saturated heterocycles. The zero-order chi connectivity index (χ0) is 12.0. The summed E-state index contributed by atoms with van der Waals surface area (Å²) >= 11 is 0. The molecular formula is C12H17FN2O. The third-order valence-corrected chi connectivity index (χ3v) is 2.39. The topological polar surface area (TPSA) is 47.3 Å². The van der Waals surface area contributed by atoms with Gasteiger partial charge in [0.1, 0.15) is 0 Å². The molecule has 88 valence electrons. The number of nitrogens with one attached hydrogen (secondary N) is 1. The monoisotopic (exact) mass is 224 g/mol. The lowest BCUT2D eigenvalue weighted by atomic mass is 10.0. The van der Waals surface area contributed by atoms with Crippen LogP contribution in [0.25, 0.3) is 0 Å². The Morgan fingerprint density at radius 2 is 2.38 bits per heavy atom. The summed E-state index contributed by atoms with van der Waals surface area (Å²) in [6.45, 7) is 3.65. The van der Waals surface area contributed by atoms with Gasteiger partial charge in [0.05, 0.1) is 7.11 Å². The molecule has 3 nitrogen and oxygen atoms in total. The third kappa shape index (κ3) is 3.32. The number of ether oxygens (including phenoxy) is 1. The zero-order valence-electron chi connectivity index (χ0n) is 9.37. The molecule has 4 heteroatoms. The minimum atomic E-state index is -0.352. The van der Waals surface area contributed by atoms with Crippen LogP contribution in [0.1, 0.15) is 12.0 Å². The van der Waals surface area contributed by atoms with E-state index in [9.17, 15) is 4.39 Å². The minimum Gasteiger partial charge on any atom is -0.494 e. The van der Waals surface area contributed by atoms with E-state index in [-0.39, 0.29) is 17.6 Å². The summed E-state index contributed by atoms with van der Waals surface area (Å²) in [7, 11) is 1.44. The van der Waals surface area contributed by atoms with E-state index in [4.69, 9.17) is 10.6 Å². The van der Waals surface area contributed by atoms with Crippen molar-refractivity contribution in [3.8, 4) is 5.75 Å². The number of hydrazine groups is 1. The quantitative estimate of drug-likeness (QED) is 0.440. The lowest BCUT2D eigenvalue weighted by Gasteiger charge is -2.14. The molecule has 0 aromatic heterocycles. The van der Waals surface area contributed by atoms with Crippen LogP contribution in [-0.4, -0.2) is 13.2 Å². The van der Waals surface area contributed by atoms with Gasteiger partial charge in [0.2, 0.25) is 0 Å². The van der Waals surface area contributed by atoms with Crippen molar-refractivity contribution in [2.24, 2.45) is 5.84 Å². The lowest BCUT2D eigenvalue weighted by molar-refractivity contribution is 0.386. The highest BCUT2D eigenvalue weighted by atomic mass is 19.1. The largest absolute Gasteiger partial charge is 0.494 e. The Balaban J connectivity index is 2.73. The minimum absolute atomic E-state index is 0.0743. The molecule has 0 aliphatic heterocycles. The Morgan fingerprint density at radius 1 is 1.62 bits per heavy atom. The van der Waals surface area contributed by atoms with Crippen LogP contribution in [0.15, 0.2) is 30.9 Å². The van der Waals surface area contributed by atoms with E-state index in [0.717, 1.165) is 12.0 Å². The highest BCUT2D eigenvalue weighted by molar-refractivity contribution is 5.29. The molecule has 1 rings (SSSR count). The molecule has 16 heavy (non-hydrogen) atoms. The molecule has 0 bridgehead atoms. The lowest BCUT2D eigenvalue weighted by Crippen LogP contribution is -2.36. The van der Waals surface area contributed by atoms with Crippen molar-refractivity contribution in [2.45, 2.75) is 18.9 Å². The Kier molecular flexibility index (Phi) is 4.95. The molecule has 1 aromatic carbocycles. The third-order valence-electron chi connectivity index (χ3n) is 2.39. The normalized spacial score (nSPS) is 12.2. The predicted molar refractivity (Wildman–Crippen MR) is 62.6 cm³/mol. The van der Waals surface area contributed by atoms with Gasteiger partial charge in [0.25, 0.3) is 0 Å². The predicted octanol–water partition coefficient (Wildman–Crippen LogP) is 1.78. The first kappa shape index (κ1) is 12.7. The van der Waals surface area contributed by atoms with E-state index in [1.807, 2.05) is 6.07 Å². The maximum absolute atomic E-state index is 13.4. The van der Waals surface area contributed by atoms with E-state index >= 15 is 0 Å². The van der Waals surface area contributed by atoms with Gasteiger partial charge in [-0.15, -0.1) is 6.58 Å². The fourth-order valence-corrected chi connectivity index (χ4v) is 1.53. The summed E-state index contributed by atoms with van der Waals surface area (Å²) in [5, 5.41) is 0. The highest BCUT2D eigenvalue weighted by Crippen LogP contribution is 2.18. The van der Waals surface area contributed by atoms with Crippen LogP contribution >= 0.6 is 0 Å². The maximum Gasteiger partial charge on any atom is 0.165 e. The summed E-state index contributed by atoms with van der Waals surface area (Å²) in [6.07, 6.45) is 3.18. The summed E-state index contributed by atoms with van der Waals surface area (Å²) in [6, 6.07) is 4.98. The van der Waals surface area contributed by atoms with Crippen molar-refractivity contribution < 1.29 is 9.13 Å². The van der Waals surface area contributed by atoms with Gasteiger partial charge in [0.15, 0.2) is 11.6 Å². The van der Waals surface area contributed by atoms with Gasteiger partial charge < -0.3 is 4.74 Å². The molecule has 0 aliphatic carbocycles. The average Bonchev–Trinajstić information content (AvgIpc) is 2.28. The van der Waals surface area contributed by atoms with Gasteiger partial charge in [-0.25, -0.2) is 4.39 Å². The first-order valence-corrected chi connectivity index (χ1v) is 5.10. The van der Waals surface area contributed by atoms with Gasteiger partial charge in [-0.2, -0.15) is 0 Å². The van der Waals surface area contributed by atoms with Crippen LogP contribution in [0.5, 0.6) is 5.75 Å². The Labute approximate surface area is 95.1 Å². The number of halogens is 1. The van der Waals surface area contributed by atoms with Crippen LogP contribution in [0.2, 0.25) is 0 Å². The number of nitrogens with two attached hydrogens (primary N) is 1.